The Hall–Kier alpha value is -3.01. The van der Waals surface area contributed by atoms with E-state index < -0.39 is 17.6 Å². The summed E-state index contributed by atoms with van der Waals surface area (Å²) in [4.78, 5) is 19.0. The number of rotatable bonds is 5. The second-order valence-electron chi connectivity index (χ2n) is 8.93. The summed E-state index contributed by atoms with van der Waals surface area (Å²) in [7, 11) is 0. The van der Waals surface area contributed by atoms with Crippen LogP contribution in [0.5, 0.6) is 5.88 Å². The van der Waals surface area contributed by atoms with Gasteiger partial charge in [-0.25, -0.2) is 13.8 Å². The molecule has 3 aliphatic carbocycles. The topological polar surface area (TPSA) is 66.2 Å². The van der Waals surface area contributed by atoms with Crippen LogP contribution in [0.3, 0.4) is 0 Å². The van der Waals surface area contributed by atoms with Crippen LogP contribution >= 0.6 is 0 Å². The van der Waals surface area contributed by atoms with Crippen LogP contribution in [0, 0.1) is 28.0 Å². The fraction of sp³-hybridized carbons (Fsp3) is 0.435. The maximum Gasteiger partial charge on any atom is 0.229 e. The number of likely N-dealkylation sites (tertiary alicyclic amines) is 1. The summed E-state index contributed by atoms with van der Waals surface area (Å²) in [5, 5.41) is 8.93. The lowest BCUT2D eigenvalue weighted by Gasteiger charge is -2.69. The molecule has 30 heavy (non-hydrogen) atoms. The Kier molecular flexibility index (Phi) is 4.28. The van der Waals surface area contributed by atoms with Crippen LogP contribution in [0.25, 0.3) is 0 Å². The molecule has 1 saturated heterocycles. The number of aromatic nitrogens is 1. The first-order valence-corrected chi connectivity index (χ1v) is 10.1. The number of nitriles is 1. The maximum atomic E-state index is 14.2. The van der Waals surface area contributed by atoms with E-state index in [1.165, 1.54) is 12.1 Å². The third-order valence-corrected chi connectivity index (χ3v) is 6.70. The summed E-state index contributed by atoms with van der Waals surface area (Å²) < 4.78 is 33.6. The van der Waals surface area contributed by atoms with Crippen molar-refractivity contribution >= 4 is 5.91 Å². The van der Waals surface area contributed by atoms with Crippen LogP contribution in [0.2, 0.25) is 0 Å². The van der Waals surface area contributed by atoms with Crippen LogP contribution in [0.4, 0.5) is 8.78 Å². The molecule has 4 aliphatic rings. The number of ether oxygens (including phenoxy) is 1. The summed E-state index contributed by atoms with van der Waals surface area (Å²) in [6, 6.07) is 12.7. The molecule has 6 rings (SSSR count). The van der Waals surface area contributed by atoms with E-state index in [0.29, 0.717) is 43.0 Å². The summed E-state index contributed by atoms with van der Waals surface area (Å²) in [5.74, 6) is 0.00595. The van der Waals surface area contributed by atoms with E-state index in [4.69, 9.17) is 10.00 Å². The van der Waals surface area contributed by atoms with Gasteiger partial charge in [0.2, 0.25) is 11.8 Å². The van der Waals surface area contributed by atoms with Crippen molar-refractivity contribution < 1.29 is 18.3 Å². The van der Waals surface area contributed by atoms with Gasteiger partial charge in [0.25, 0.3) is 0 Å². The van der Waals surface area contributed by atoms with Crippen molar-refractivity contribution in [1.82, 2.24) is 9.88 Å². The van der Waals surface area contributed by atoms with Crippen molar-refractivity contribution in [2.24, 2.45) is 10.8 Å². The zero-order valence-corrected chi connectivity index (χ0v) is 16.4. The number of carbonyl (C=O) groups is 1. The molecular formula is C23H21F2N3O2. The number of pyridine rings is 1. The Balaban J connectivity index is 1.23. The first-order valence-electron chi connectivity index (χ1n) is 10.1. The molecule has 2 aromatic rings. The van der Waals surface area contributed by atoms with E-state index in [1.807, 2.05) is 6.07 Å². The SMILES string of the molecule is N#Cc1cccc(OCC23CC(C(=O)N4CC(F)CC4c4cccc(F)c4)(C2)C3)n1. The zero-order valence-electron chi connectivity index (χ0n) is 16.4. The summed E-state index contributed by atoms with van der Waals surface area (Å²) >= 11 is 0. The van der Waals surface area contributed by atoms with Gasteiger partial charge in [-0.3, -0.25) is 4.79 Å². The number of nitrogens with zero attached hydrogens (tertiary/aromatic N) is 3. The summed E-state index contributed by atoms with van der Waals surface area (Å²) in [6.07, 6.45) is 1.24. The lowest BCUT2D eigenvalue weighted by atomic mass is 9.35. The van der Waals surface area contributed by atoms with Crippen LogP contribution in [-0.4, -0.2) is 35.1 Å². The van der Waals surface area contributed by atoms with Gasteiger partial charge in [0, 0.05) is 17.9 Å². The Morgan fingerprint density at radius 1 is 1.27 bits per heavy atom. The van der Waals surface area contributed by atoms with Crippen molar-refractivity contribution in [3.05, 3.63) is 59.5 Å². The molecule has 5 nitrogen and oxygen atoms in total. The molecule has 0 spiro atoms. The van der Waals surface area contributed by atoms with Gasteiger partial charge in [-0.2, -0.15) is 5.26 Å². The summed E-state index contributed by atoms with van der Waals surface area (Å²) in [6.45, 7) is 0.513. The minimum absolute atomic E-state index is 0.0246. The highest BCUT2D eigenvalue weighted by Gasteiger charge is 2.72. The molecule has 4 fully saturated rings. The zero-order chi connectivity index (χ0) is 20.9. The van der Waals surface area contributed by atoms with E-state index >= 15 is 0 Å². The highest BCUT2D eigenvalue weighted by atomic mass is 19.1. The number of alkyl halides is 1. The number of hydrogen-bond donors (Lipinski definition) is 0. The van der Waals surface area contributed by atoms with Crippen LogP contribution in [-0.2, 0) is 4.79 Å². The molecule has 7 heteroatoms. The number of benzene rings is 1. The van der Waals surface area contributed by atoms with E-state index in [9.17, 15) is 13.6 Å². The van der Waals surface area contributed by atoms with Gasteiger partial charge in [0.05, 0.1) is 24.6 Å². The lowest BCUT2D eigenvalue weighted by Crippen LogP contribution is -2.69. The van der Waals surface area contributed by atoms with Gasteiger partial charge in [-0.05, 0) is 43.0 Å². The molecule has 1 amide bonds. The quantitative estimate of drug-likeness (QED) is 0.750. The minimum atomic E-state index is -1.09. The van der Waals surface area contributed by atoms with Gasteiger partial charge >= 0.3 is 0 Å². The number of halogens is 2. The fourth-order valence-electron chi connectivity index (χ4n) is 5.51. The molecule has 2 bridgehead atoms. The smallest absolute Gasteiger partial charge is 0.229 e. The van der Waals surface area contributed by atoms with Crippen molar-refractivity contribution in [3.8, 4) is 11.9 Å². The molecule has 2 heterocycles. The van der Waals surface area contributed by atoms with Crippen molar-refractivity contribution in [1.29, 1.82) is 5.26 Å². The molecule has 0 radical (unpaired) electrons. The van der Waals surface area contributed by atoms with Gasteiger partial charge < -0.3 is 9.64 Å². The Morgan fingerprint density at radius 3 is 2.77 bits per heavy atom. The first kappa shape index (κ1) is 19.0. The Labute approximate surface area is 173 Å². The Bertz CT molecular complexity index is 1030. The monoisotopic (exact) mass is 409 g/mol. The van der Waals surface area contributed by atoms with E-state index in [0.717, 1.165) is 0 Å². The predicted octanol–water partition coefficient (Wildman–Crippen LogP) is 3.95. The molecular weight excluding hydrogens is 388 g/mol. The van der Waals surface area contributed by atoms with Gasteiger partial charge in [-0.15, -0.1) is 0 Å². The Morgan fingerprint density at radius 2 is 2.03 bits per heavy atom. The molecule has 0 N–H and O–H groups in total. The summed E-state index contributed by atoms with van der Waals surface area (Å²) in [5.41, 5.74) is 0.455. The standard InChI is InChI=1S/C23H21F2N3O2/c24-16-4-1-3-15(7-16)19-8-17(25)10-28(19)21(29)23-11-22(12-23,13-23)14-30-20-6-2-5-18(9-26)27-20/h1-7,17,19H,8,10-14H2. The minimum Gasteiger partial charge on any atom is -0.477 e. The van der Waals surface area contributed by atoms with Crippen molar-refractivity contribution in [2.75, 3.05) is 13.2 Å². The van der Waals surface area contributed by atoms with Crippen molar-refractivity contribution in [3.63, 3.8) is 0 Å². The highest BCUT2D eigenvalue weighted by Crippen LogP contribution is 2.74. The van der Waals surface area contributed by atoms with Gasteiger partial charge in [-0.1, -0.05) is 18.2 Å². The largest absolute Gasteiger partial charge is 0.477 e. The van der Waals surface area contributed by atoms with Crippen molar-refractivity contribution in [2.45, 2.75) is 37.9 Å². The van der Waals surface area contributed by atoms with E-state index in [-0.39, 0.29) is 30.1 Å². The molecule has 1 aliphatic heterocycles. The van der Waals surface area contributed by atoms with Gasteiger partial charge in [0.1, 0.15) is 23.8 Å². The number of amides is 1. The number of carbonyl (C=O) groups excluding carboxylic acids is 1. The fourth-order valence-corrected chi connectivity index (χ4v) is 5.51. The normalized spacial score (nSPS) is 31.4. The van der Waals surface area contributed by atoms with E-state index in [2.05, 4.69) is 4.98 Å². The average molecular weight is 409 g/mol. The second kappa shape index (κ2) is 6.76. The average Bonchev–Trinajstić information content (AvgIpc) is 3.08. The van der Waals surface area contributed by atoms with E-state index in [1.54, 1.807) is 35.2 Å². The van der Waals surface area contributed by atoms with Crippen LogP contribution < -0.4 is 4.74 Å². The van der Waals surface area contributed by atoms with Crippen LogP contribution in [0.1, 0.15) is 43.0 Å². The molecule has 2 unspecified atom stereocenters. The lowest BCUT2D eigenvalue weighted by molar-refractivity contribution is -0.226. The molecule has 1 aromatic heterocycles. The third kappa shape index (κ3) is 3.02. The van der Waals surface area contributed by atoms with Gasteiger partial charge in [0.15, 0.2) is 0 Å². The molecule has 3 saturated carbocycles. The second-order valence-corrected chi connectivity index (χ2v) is 8.93. The predicted molar refractivity (Wildman–Crippen MR) is 104 cm³/mol. The molecule has 2 atom stereocenters. The first-order chi connectivity index (χ1) is 14.4. The molecule has 154 valence electrons. The molecule has 1 aromatic carbocycles. The maximum absolute atomic E-state index is 14.2. The van der Waals surface area contributed by atoms with Crippen LogP contribution in [0.15, 0.2) is 42.5 Å². The third-order valence-electron chi connectivity index (χ3n) is 6.70. The highest BCUT2D eigenvalue weighted by molar-refractivity contribution is 5.87. The number of hydrogen-bond acceptors (Lipinski definition) is 4.